The molecule has 2 N–H and O–H groups in total. The Balaban J connectivity index is 1.90. The Hall–Kier alpha value is -1.39. The van der Waals surface area contributed by atoms with Crippen LogP contribution in [-0.4, -0.2) is 27.5 Å². The van der Waals surface area contributed by atoms with Crippen molar-refractivity contribution in [2.45, 2.75) is 51.5 Å². The molecule has 1 aliphatic heterocycles. The monoisotopic (exact) mass is 247 g/mol. The molecule has 5 nitrogen and oxygen atoms in total. The summed E-state index contributed by atoms with van der Waals surface area (Å²) in [6, 6.07) is 0.479. The molecular formula is C13H21N5. The van der Waals surface area contributed by atoms with Gasteiger partial charge in [-0.05, 0) is 38.5 Å². The number of anilines is 2. The first kappa shape index (κ1) is 11.7. The first-order chi connectivity index (χ1) is 8.65. The van der Waals surface area contributed by atoms with Gasteiger partial charge in [0.25, 0.3) is 0 Å². The Morgan fingerprint density at radius 2 is 1.89 bits per heavy atom. The second-order valence-electron chi connectivity index (χ2n) is 5.68. The molecule has 2 unspecified atom stereocenters. The summed E-state index contributed by atoms with van der Waals surface area (Å²) in [7, 11) is 0. The van der Waals surface area contributed by atoms with Crippen molar-refractivity contribution in [3.8, 4) is 0 Å². The fourth-order valence-electron chi connectivity index (χ4n) is 2.67. The van der Waals surface area contributed by atoms with E-state index in [0.717, 1.165) is 18.3 Å². The summed E-state index contributed by atoms with van der Waals surface area (Å²) in [4.78, 5) is 15.5. The minimum atomic E-state index is 0.368. The first-order valence-electron chi connectivity index (χ1n) is 6.93. The molecule has 2 aliphatic rings. The maximum Gasteiger partial charge on any atom is 0.230 e. The van der Waals surface area contributed by atoms with Crippen LogP contribution in [0.3, 0.4) is 0 Å². The third kappa shape index (κ3) is 2.13. The van der Waals surface area contributed by atoms with E-state index in [0.29, 0.717) is 23.8 Å². The molecule has 2 atom stereocenters. The van der Waals surface area contributed by atoms with E-state index in [4.69, 9.17) is 5.73 Å². The summed E-state index contributed by atoms with van der Waals surface area (Å²) in [5.74, 6) is 3.24. The number of nitrogens with zero attached hydrogens (tertiary/aromatic N) is 4. The average molecular weight is 247 g/mol. The van der Waals surface area contributed by atoms with Crippen molar-refractivity contribution < 1.29 is 0 Å². The molecule has 1 aromatic rings. The van der Waals surface area contributed by atoms with Crippen molar-refractivity contribution in [1.29, 1.82) is 0 Å². The highest BCUT2D eigenvalue weighted by Crippen LogP contribution is 2.39. The molecular weight excluding hydrogens is 226 g/mol. The third-order valence-corrected chi connectivity index (χ3v) is 4.23. The Kier molecular flexibility index (Phi) is 2.84. The fraction of sp³-hybridized carbons (Fsp3) is 0.769. The highest BCUT2D eigenvalue weighted by Gasteiger charge is 2.31. The van der Waals surface area contributed by atoms with Gasteiger partial charge in [-0.1, -0.05) is 6.92 Å². The zero-order chi connectivity index (χ0) is 12.7. The van der Waals surface area contributed by atoms with Gasteiger partial charge in [0.05, 0.1) is 0 Å². The lowest BCUT2D eigenvalue weighted by Crippen LogP contribution is -2.43. The van der Waals surface area contributed by atoms with Crippen molar-refractivity contribution in [2.24, 2.45) is 5.92 Å². The van der Waals surface area contributed by atoms with Crippen molar-refractivity contribution in [2.75, 3.05) is 17.2 Å². The lowest BCUT2D eigenvalue weighted by atomic mass is 9.92. The number of piperidine rings is 1. The third-order valence-electron chi connectivity index (χ3n) is 4.23. The van der Waals surface area contributed by atoms with Crippen LogP contribution >= 0.6 is 0 Å². The van der Waals surface area contributed by atoms with E-state index >= 15 is 0 Å². The SMILES string of the molecule is CC1CCCN(c2nc(N)nc(C3CC3)n2)C1C. The van der Waals surface area contributed by atoms with Crippen molar-refractivity contribution in [3.05, 3.63) is 5.82 Å². The van der Waals surface area contributed by atoms with E-state index in [1.54, 1.807) is 0 Å². The predicted molar refractivity (Wildman–Crippen MR) is 71.4 cm³/mol. The highest BCUT2D eigenvalue weighted by atomic mass is 15.3. The summed E-state index contributed by atoms with van der Waals surface area (Å²) in [5.41, 5.74) is 5.82. The molecule has 1 aromatic heterocycles. The lowest BCUT2D eigenvalue weighted by Gasteiger charge is -2.37. The van der Waals surface area contributed by atoms with Crippen LogP contribution in [0.25, 0.3) is 0 Å². The van der Waals surface area contributed by atoms with Crippen LogP contribution in [0.2, 0.25) is 0 Å². The van der Waals surface area contributed by atoms with Gasteiger partial charge in [-0.3, -0.25) is 0 Å². The van der Waals surface area contributed by atoms with Gasteiger partial charge in [0.2, 0.25) is 11.9 Å². The Morgan fingerprint density at radius 3 is 2.61 bits per heavy atom. The van der Waals surface area contributed by atoms with E-state index < -0.39 is 0 Å². The van der Waals surface area contributed by atoms with Crippen LogP contribution in [0.1, 0.15) is 51.3 Å². The van der Waals surface area contributed by atoms with E-state index in [2.05, 4.69) is 33.7 Å². The Morgan fingerprint density at radius 1 is 1.11 bits per heavy atom. The van der Waals surface area contributed by atoms with Crippen molar-refractivity contribution in [3.63, 3.8) is 0 Å². The quantitative estimate of drug-likeness (QED) is 0.865. The highest BCUT2D eigenvalue weighted by molar-refractivity contribution is 5.37. The summed E-state index contributed by atoms with van der Waals surface area (Å²) < 4.78 is 0. The van der Waals surface area contributed by atoms with Crippen molar-refractivity contribution in [1.82, 2.24) is 15.0 Å². The van der Waals surface area contributed by atoms with E-state index in [-0.39, 0.29) is 0 Å². The molecule has 1 saturated heterocycles. The number of rotatable bonds is 2. The number of hydrogen-bond donors (Lipinski definition) is 1. The molecule has 0 radical (unpaired) electrons. The van der Waals surface area contributed by atoms with Crippen LogP contribution in [-0.2, 0) is 0 Å². The summed E-state index contributed by atoms with van der Waals surface area (Å²) in [6.45, 7) is 5.57. The van der Waals surface area contributed by atoms with Gasteiger partial charge in [-0.25, -0.2) is 0 Å². The van der Waals surface area contributed by atoms with Gasteiger partial charge in [-0.15, -0.1) is 0 Å². The van der Waals surface area contributed by atoms with Gasteiger partial charge in [-0.2, -0.15) is 15.0 Å². The summed E-state index contributed by atoms with van der Waals surface area (Å²) in [6.07, 6.45) is 4.87. The number of aromatic nitrogens is 3. The maximum absolute atomic E-state index is 5.82. The van der Waals surface area contributed by atoms with Gasteiger partial charge in [0.1, 0.15) is 5.82 Å². The average Bonchev–Trinajstić information content (AvgIpc) is 3.16. The first-order valence-corrected chi connectivity index (χ1v) is 6.93. The molecule has 2 fully saturated rings. The molecule has 2 heterocycles. The molecule has 3 rings (SSSR count). The van der Waals surface area contributed by atoms with Gasteiger partial charge >= 0.3 is 0 Å². The molecule has 18 heavy (non-hydrogen) atoms. The number of hydrogen-bond acceptors (Lipinski definition) is 5. The van der Waals surface area contributed by atoms with E-state index in [1.165, 1.54) is 25.7 Å². The van der Waals surface area contributed by atoms with Crippen LogP contribution in [0.4, 0.5) is 11.9 Å². The number of nitrogen functional groups attached to an aromatic ring is 1. The second-order valence-corrected chi connectivity index (χ2v) is 5.68. The number of nitrogens with two attached hydrogens (primary N) is 1. The van der Waals surface area contributed by atoms with Crippen molar-refractivity contribution >= 4 is 11.9 Å². The molecule has 0 amide bonds. The Bertz CT molecular complexity index is 443. The molecule has 1 saturated carbocycles. The minimum absolute atomic E-state index is 0.368. The second kappa shape index (κ2) is 4.37. The zero-order valence-electron chi connectivity index (χ0n) is 11.1. The lowest BCUT2D eigenvalue weighted by molar-refractivity contribution is 0.359. The summed E-state index contributed by atoms with van der Waals surface area (Å²) in [5, 5.41) is 0. The smallest absolute Gasteiger partial charge is 0.230 e. The van der Waals surface area contributed by atoms with Gasteiger partial charge in [0.15, 0.2) is 0 Å². The van der Waals surface area contributed by atoms with Gasteiger partial charge < -0.3 is 10.6 Å². The predicted octanol–water partition coefficient (Wildman–Crippen LogP) is 1.96. The standard InChI is InChI=1S/C13H21N5/c1-8-4-3-7-18(9(8)2)13-16-11(10-5-6-10)15-12(14)17-13/h8-10H,3-7H2,1-2H3,(H2,14,15,16,17). The molecule has 98 valence electrons. The molecule has 5 heteroatoms. The fourth-order valence-corrected chi connectivity index (χ4v) is 2.67. The largest absolute Gasteiger partial charge is 0.368 e. The topological polar surface area (TPSA) is 67.9 Å². The Labute approximate surface area is 108 Å². The van der Waals surface area contributed by atoms with Crippen LogP contribution < -0.4 is 10.6 Å². The minimum Gasteiger partial charge on any atom is -0.368 e. The molecule has 0 bridgehead atoms. The normalized spacial score (nSPS) is 28.4. The summed E-state index contributed by atoms with van der Waals surface area (Å²) >= 11 is 0. The molecule has 0 spiro atoms. The molecule has 0 aromatic carbocycles. The van der Waals surface area contributed by atoms with Crippen LogP contribution in [0.15, 0.2) is 0 Å². The maximum atomic E-state index is 5.82. The van der Waals surface area contributed by atoms with Crippen LogP contribution in [0, 0.1) is 5.92 Å². The van der Waals surface area contributed by atoms with Gasteiger partial charge in [0, 0.05) is 18.5 Å². The zero-order valence-corrected chi connectivity index (χ0v) is 11.1. The molecule has 1 aliphatic carbocycles. The van der Waals surface area contributed by atoms with E-state index in [1.807, 2.05) is 0 Å². The van der Waals surface area contributed by atoms with E-state index in [9.17, 15) is 0 Å². The van der Waals surface area contributed by atoms with Crippen LogP contribution in [0.5, 0.6) is 0 Å².